The quantitative estimate of drug-likeness (QED) is 0.610. The fourth-order valence-corrected chi connectivity index (χ4v) is 3.20. The maximum absolute atomic E-state index is 6.18. The Kier molecular flexibility index (Phi) is 5.68. The molecule has 0 rings (SSSR count). The molecule has 0 saturated heterocycles. The first-order valence-corrected chi connectivity index (χ1v) is 13.0. The first-order chi connectivity index (χ1) is 7.71. The van der Waals surface area contributed by atoms with Gasteiger partial charge in [0.25, 0.3) is 0 Å². The van der Waals surface area contributed by atoms with Gasteiger partial charge in [-0.25, -0.2) is 0 Å². The van der Waals surface area contributed by atoms with Gasteiger partial charge in [-0.2, -0.15) is 0 Å². The van der Waals surface area contributed by atoms with Crippen LogP contribution in [0.5, 0.6) is 0 Å². The van der Waals surface area contributed by atoms with E-state index in [9.17, 15) is 0 Å². The highest BCUT2D eigenvalue weighted by Crippen LogP contribution is 2.38. The number of rotatable bonds is 4. The fourth-order valence-electron chi connectivity index (χ4n) is 1.07. The summed E-state index contributed by atoms with van der Waals surface area (Å²) in [7, 11) is -2.88. The molecule has 0 amide bonds. The van der Waals surface area contributed by atoms with Gasteiger partial charge >= 0.3 is 0 Å². The van der Waals surface area contributed by atoms with Crippen LogP contribution in [0, 0.1) is 0 Å². The van der Waals surface area contributed by atoms with Gasteiger partial charge in [-0.1, -0.05) is 66.4 Å². The molecule has 0 radical (unpaired) electrons. The monoisotopic (exact) mass is 286 g/mol. The molecular formula is C15H34OSi2. The van der Waals surface area contributed by atoms with Crippen LogP contribution in [-0.4, -0.2) is 23.0 Å². The van der Waals surface area contributed by atoms with Gasteiger partial charge in [0.15, 0.2) is 8.32 Å². The molecule has 0 aromatic heterocycles. The molecule has 0 spiro atoms. The molecule has 0 unspecified atom stereocenters. The van der Waals surface area contributed by atoms with E-state index in [1.54, 1.807) is 0 Å². The average molecular weight is 287 g/mol. The van der Waals surface area contributed by atoms with E-state index < -0.39 is 16.4 Å². The molecule has 0 atom stereocenters. The molecule has 0 saturated carbocycles. The van der Waals surface area contributed by atoms with Gasteiger partial charge in [-0.05, 0) is 23.2 Å². The van der Waals surface area contributed by atoms with Gasteiger partial charge in [-0.3, -0.25) is 0 Å². The molecule has 108 valence electrons. The van der Waals surface area contributed by atoms with Gasteiger partial charge in [-0.15, -0.1) is 0 Å². The molecule has 0 heterocycles. The zero-order valence-electron chi connectivity index (χ0n) is 14.3. The third-order valence-corrected chi connectivity index (χ3v) is 14.2. The maximum atomic E-state index is 6.18. The summed E-state index contributed by atoms with van der Waals surface area (Å²) in [5.41, 5.74) is 2.44. The summed E-state index contributed by atoms with van der Waals surface area (Å²) in [6, 6.07) is 0. The molecule has 0 aromatic carbocycles. The predicted octanol–water partition coefficient (Wildman–Crippen LogP) is 5.61. The molecule has 0 aliphatic rings. The third-order valence-electron chi connectivity index (χ3n) is 4.81. The van der Waals surface area contributed by atoms with E-state index in [2.05, 4.69) is 79.5 Å². The van der Waals surface area contributed by atoms with E-state index in [0.29, 0.717) is 10.1 Å². The normalized spacial score (nSPS) is 15.4. The lowest BCUT2D eigenvalue weighted by Gasteiger charge is -2.36. The molecule has 0 aliphatic carbocycles. The van der Waals surface area contributed by atoms with Crippen molar-refractivity contribution >= 4 is 16.4 Å². The largest absolute Gasteiger partial charge is 0.413 e. The van der Waals surface area contributed by atoms with Crippen LogP contribution in [0.25, 0.3) is 0 Å². The van der Waals surface area contributed by atoms with Gasteiger partial charge < -0.3 is 4.43 Å². The van der Waals surface area contributed by atoms with Crippen LogP contribution in [0.3, 0.4) is 0 Å². The van der Waals surface area contributed by atoms with Crippen molar-refractivity contribution in [3.05, 3.63) is 11.8 Å². The topological polar surface area (TPSA) is 9.23 Å². The van der Waals surface area contributed by atoms with Gasteiger partial charge in [0.1, 0.15) is 0 Å². The SMILES string of the molecule is CC(C)(C)[Si](C)(C)C=CCO[Si](C)(C)C(C)(C)C. The van der Waals surface area contributed by atoms with E-state index in [-0.39, 0.29) is 0 Å². The highest BCUT2D eigenvalue weighted by molar-refractivity contribution is 6.84. The number of hydrogen-bond acceptors (Lipinski definition) is 1. The lowest BCUT2D eigenvalue weighted by molar-refractivity contribution is 0.328. The van der Waals surface area contributed by atoms with Crippen molar-refractivity contribution in [2.75, 3.05) is 6.61 Å². The molecule has 0 aromatic rings. The Labute approximate surface area is 117 Å². The zero-order chi connectivity index (χ0) is 14.8. The minimum Gasteiger partial charge on any atom is -0.413 e. The Morgan fingerprint density at radius 2 is 1.28 bits per heavy atom. The van der Waals surface area contributed by atoms with Gasteiger partial charge in [0.2, 0.25) is 0 Å². The Bertz CT molecular complexity index is 291. The molecule has 0 bridgehead atoms. The molecule has 0 fully saturated rings. The first kappa shape index (κ1) is 18.1. The Hall–Kier alpha value is 0.134. The maximum Gasteiger partial charge on any atom is 0.192 e. The first-order valence-electron chi connectivity index (χ1n) is 7.02. The van der Waals surface area contributed by atoms with Crippen molar-refractivity contribution in [1.29, 1.82) is 0 Å². The fraction of sp³-hybridized carbons (Fsp3) is 0.867. The molecule has 1 nitrogen and oxygen atoms in total. The van der Waals surface area contributed by atoms with Crippen LogP contribution < -0.4 is 0 Å². The predicted molar refractivity (Wildman–Crippen MR) is 89.5 cm³/mol. The second kappa shape index (κ2) is 5.63. The van der Waals surface area contributed by atoms with E-state index in [4.69, 9.17) is 4.43 Å². The Morgan fingerprint density at radius 3 is 1.61 bits per heavy atom. The summed E-state index contributed by atoms with van der Waals surface area (Å²) < 4.78 is 6.18. The Balaban J connectivity index is 4.46. The van der Waals surface area contributed by atoms with E-state index in [1.165, 1.54) is 0 Å². The minimum atomic E-state index is -1.58. The molecular weight excluding hydrogens is 252 g/mol. The summed E-state index contributed by atoms with van der Waals surface area (Å²) in [5, 5.41) is 0.721. The second-order valence-corrected chi connectivity index (χ2v) is 18.5. The minimum absolute atomic E-state index is 0.303. The summed E-state index contributed by atoms with van der Waals surface area (Å²) in [6.07, 6.45) is 2.26. The van der Waals surface area contributed by atoms with Crippen molar-refractivity contribution < 1.29 is 4.43 Å². The van der Waals surface area contributed by atoms with Crippen LogP contribution in [0.2, 0.25) is 36.3 Å². The summed E-state index contributed by atoms with van der Waals surface area (Å²) >= 11 is 0. The van der Waals surface area contributed by atoms with Crippen molar-refractivity contribution in [3.8, 4) is 0 Å². The van der Waals surface area contributed by atoms with Crippen molar-refractivity contribution in [3.63, 3.8) is 0 Å². The molecule has 18 heavy (non-hydrogen) atoms. The standard InChI is InChI=1S/C15H34OSi2/c1-14(2,3)17(7,8)13-11-12-16-18(9,10)15(4,5)6/h11,13H,12H2,1-10H3. The van der Waals surface area contributed by atoms with Crippen LogP contribution in [0.4, 0.5) is 0 Å². The highest BCUT2D eigenvalue weighted by atomic mass is 28.4. The average Bonchev–Trinajstić information content (AvgIpc) is 2.08. The lowest BCUT2D eigenvalue weighted by Crippen LogP contribution is -2.41. The molecule has 3 heteroatoms. The van der Waals surface area contributed by atoms with E-state index >= 15 is 0 Å². The van der Waals surface area contributed by atoms with Crippen LogP contribution >= 0.6 is 0 Å². The molecule has 0 N–H and O–H groups in total. The molecule has 0 aliphatic heterocycles. The van der Waals surface area contributed by atoms with E-state index in [0.717, 1.165) is 6.61 Å². The van der Waals surface area contributed by atoms with Gasteiger partial charge in [0.05, 0.1) is 14.7 Å². The summed E-state index contributed by atoms with van der Waals surface area (Å²) in [6.45, 7) is 24.2. The lowest BCUT2D eigenvalue weighted by atomic mass is 10.2. The highest BCUT2D eigenvalue weighted by Gasteiger charge is 2.37. The smallest absolute Gasteiger partial charge is 0.192 e. The van der Waals surface area contributed by atoms with Crippen molar-refractivity contribution in [2.24, 2.45) is 0 Å². The third kappa shape index (κ3) is 5.02. The van der Waals surface area contributed by atoms with Crippen LogP contribution in [-0.2, 0) is 4.43 Å². The zero-order valence-corrected chi connectivity index (χ0v) is 16.3. The number of hydrogen-bond donors (Lipinski definition) is 0. The summed E-state index contributed by atoms with van der Waals surface area (Å²) in [5.74, 6) is 0. The van der Waals surface area contributed by atoms with Gasteiger partial charge in [0, 0.05) is 0 Å². The van der Waals surface area contributed by atoms with Crippen molar-refractivity contribution in [1.82, 2.24) is 0 Å². The Morgan fingerprint density at radius 1 is 0.833 bits per heavy atom. The summed E-state index contributed by atoms with van der Waals surface area (Å²) in [4.78, 5) is 0. The van der Waals surface area contributed by atoms with Crippen LogP contribution in [0.1, 0.15) is 41.5 Å². The van der Waals surface area contributed by atoms with Crippen LogP contribution in [0.15, 0.2) is 11.8 Å². The van der Waals surface area contributed by atoms with E-state index in [1.807, 2.05) is 0 Å². The second-order valence-electron chi connectivity index (χ2n) is 8.45. The van der Waals surface area contributed by atoms with Crippen molar-refractivity contribution in [2.45, 2.75) is 77.8 Å².